The third-order valence-corrected chi connectivity index (χ3v) is 7.41. The third-order valence-electron chi connectivity index (χ3n) is 7.41. The van der Waals surface area contributed by atoms with Gasteiger partial charge in [0, 0.05) is 24.9 Å². The van der Waals surface area contributed by atoms with Gasteiger partial charge in [-0.25, -0.2) is 8.78 Å². The number of fused-ring (bicyclic) bond motifs is 1. The topological polar surface area (TPSA) is 89.8 Å². The van der Waals surface area contributed by atoms with Gasteiger partial charge in [-0.3, -0.25) is 4.79 Å². The second kappa shape index (κ2) is 10.7. The highest BCUT2D eigenvalue weighted by molar-refractivity contribution is 5.85. The van der Waals surface area contributed by atoms with Crippen LogP contribution >= 0.6 is 0 Å². The standard InChI is InChI=1S/C29H32F2N2O5/c1-28(2)37-25-13-29(27(34)33-15-19-8-9-19,36-16-20-10-6-18(14-32)7-11-20)12-24(26(25)38-28)35-17-21-22(30)4-3-5-23(21)31/h3-7,10-11,19,24-26H,8-9,12-13,15-17H2,1-2H3,(H,33,34)/t24?,25-,26+,29-/m1/s1. The van der Waals surface area contributed by atoms with E-state index in [2.05, 4.69) is 11.4 Å². The fraction of sp³-hybridized carbons (Fsp3) is 0.517. The number of nitrogens with one attached hydrogen (secondary N) is 1. The number of hydrogen-bond donors (Lipinski definition) is 1. The summed E-state index contributed by atoms with van der Waals surface area (Å²) >= 11 is 0. The molecule has 2 aromatic rings. The molecule has 3 fully saturated rings. The number of nitrogens with zero attached hydrogens (tertiary/aromatic N) is 1. The van der Waals surface area contributed by atoms with Crippen LogP contribution in [0.4, 0.5) is 8.78 Å². The first-order valence-electron chi connectivity index (χ1n) is 13.0. The first kappa shape index (κ1) is 26.7. The second-order valence-electron chi connectivity index (χ2n) is 10.8. The summed E-state index contributed by atoms with van der Waals surface area (Å²) in [5, 5.41) is 12.1. The van der Waals surface area contributed by atoms with Crippen molar-refractivity contribution in [2.45, 2.75) is 82.4 Å². The number of hydrogen-bond acceptors (Lipinski definition) is 6. The number of rotatable bonds is 9. The lowest BCUT2D eigenvalue weighted by Gasteiger charge is -2.43. The van der Waals surface area contributed by atoms with E-state index < -0.39 is 41.3 Å². The smallest absolute Gasteiger partial charge is 0.252 e. The van der Waals surface area contributed by atoms with Crippen molar-refractivity contribution in [3.05, 3.63) is 70.8 Å². The summed E-state index contributed by atoms with van der Waals surface area (Å²) in [6.07, 6.45) is 0.731. The van der Waals surface area contributed by atoms with Gasteiger partial charge in [0.15, 0.2) is 11.4 Å². The molecule has 1 heterocycles. The summed E-state index contributed by atoms with van der Waals surface area (Å²) in [7, 11) is 0. The Kier molecular flexibility index (Phi) is 7.51. The van der Waals surface area contributed by atoms with Gasteiger partial charge in [-0.1, -0.05) is 18.2 Å². The molecule has 0 radical (unpaired) electrons. The fourth-order valence-corrected chi connectivity index (χ4v) is 5.19. The first-order valence-corrected chi connectivity index (χ1v) is 13.0. The van der Waals surface area contributed by atoms with Crippen LogP contribution in [-0.4, -0.2) is 42.2 Å². The minimum absolute atomic E-state index is 0.121. The Labute approximate surface area is 221 Å². The van der Waals surface area contributed by atoms with E-state index in [1.165, 1.54) is 18.2 Å². The van der Waals surface area contributed by atoms with Gasteiger partial charge < -0.3 is 24.3 Å². The molecule has 202 valence electrons. The summed E-state index contributed by atoms with van der Waals surface area (Å²) in [6, 6.07) is 12.7. The number of ether oxygens (including phenoxy) is 4. The molecule has 1 aliphatic heterocycles. The molecule has 2 aliphatic carbocycles. The molecule has 4 atom stereocenters. The Hall–Kier alpha value is -2.90. The van der Waals surface area contributed by atoms with Gasteiger partial charge in [0.1, 0.15) is 17.7 Å². The number of benzene rings is 2. The molecule has 1 unspecified atom stereocenters. The van der Waals surface area contributed by atoms with Crippen LogP contribution in [0.3, 0.4) is 0 Å². The monoisotopic (exact) mass is 526 g/mol. The average Bonchev–Trinajstić information content (AvgIpc) is 3.66. The van der Waals surface area contributed by atoms with Gasteiger partial charge in [-0.2, -0.15) is 5.26 Å². The van der Waals surface area contributed by atoms with E-state index in [-0.39, 0.29) is 37.5 Å². The molecule has 1 N–H and O–H groups in total. The highest BCUT2D eigenvalue weighted by Gasteiger charge is 2.58. The summed E-state index contributed by atoms with van der Waals surface area (Å²) in [4.78, 5) is 13.7. The van der Waals surface area contributed by atoms with Crippen molar-refractivity contribution in [3.63, 3.8) is 0 Å². The molecule has 0 aromatic heterocycles. The van der Waals surface area contributed by atoms with Crippen molar-refractivity contribution in [2.75, 3.05) is 6.54 Å². The highest BCUT2D eigenvalue weighted by atomic mass is 19.1. The van der Waals surface area contributed by atoms with Gasteiger partial charge in [-0.15, -0.1) is 0 Å². The minimum atomic E-state index is -1.31. The molecule has 2 saturated carbocycles. The van der Waals surface area contributed by atoms with Gasteiger partial charge in [0.2, 0.25) is 0 Å². The lowest BCUT2D eigenvalue weighted by Crippen LogP contribution is -2.60. The van der Waals surface area contributed by atoms with Crippen LogP contribution in [0.25, 0.3) is 0 Å². The van der Waals surface area contributed by atoms with Gasteiger partial charge in [-0.05, 0) is 62.4 Å². The van der Waals surface area contributed by atoms with E-state index in [0.29, 0.717) is 18.0 Å². The highest BCUT2D eigenvalue weighted by Crippen LogP contribution is 2.44. The van der Waals surface area contributed by atoms with Crippen LogP contribution in [0.5, 0.6) is 0 Å². The summed E-state index contributed by atoms with van der Waals surface area (Å²) in [5.74, 6) is -2.13. The van der Waals surface area contributed by atoms with Gasteiger partial charge in [0.05, 0.1) is 37.1 Å². The van der Waals surface area contributed by atoms with Crippen LogP contribution < -0.4 is 5.32 Å². The van der Waals surface area contributed by atoms with Crippen molar-refractivity contribution < 1.29 is 32.5 Å². The summed E-state index contributed by atoms with van der Waals surface area (Å²) < 4.78 is 53.4. The van der Waals surface area contributed by atoms with Crippen LogP contribution in [0.1, 0.15) is 56.2 Å². The molecule has 7 nitrogen and oxygen atoms in total. The maximum absolute atomic E-state index is 14.3. The van der Waals surface area contributed by atoms with E-state index in [0.717, 1.165) is 18.4 Å². The molecular formula is C29H32F2N2O5. The third kappa shape index (κ3) is 5.89. The van der Waals surface area contributed by atoms with Crippen LogP contribution in [0, 0.1) is 28.9 Å². The number of carbonyl (C=O) groups is 1. The molecule has 38 heavy (non-hydrogen) atoms. The minimum Gasteiger partial charge on any atom is -0.370 e. The van der Waals surface area contributed by atoms with Crippen molar-refractivity contribution in [1.29, 1.82) is 5.26 Å². The lowest BCUT2D eigenvalue weighted by atomic mass is 9.78. The largest absolute Gasteiger partial charge is 0.370 e. The fourth-order valence-electron chi connectivity index (χ4n) is 5.19. The quantitative estimate of drug-likeness (QED) is 0.517. The van der Waals surface area contributed by atoms with Crippen LogP contribution in [0.15, 0.2) is 42.5 Å². The molecule has 9 heteroatoms. The summed E-state index contributed by atoms with van der Waals surface area (Å²) in [6.45, 7) is 3.92. The number of halogens is 2. The Morgan fingerprint density at radius 3 is 2.45 bits per heavy atom. The van der Waals surface area contributed by atoms with E-state index in [1.807, 2.05) is 0 Å². The Morgan fingerprint density at radius 1 is 1.08 bits per heavy atom. The zero-order valence-corrected chi connectivity index (χ0v) is 21.5. The predicted molar refractivity (Wildman–Crippen MR) is 132 cm³/mol. The normalized spacial score (nSPS) is 27.9. The Morgan fingerprint density at radius 2 is 1.79 bits per heavy atom. The SMILES string of the molecule is CC1(C)O[C@@H]2C[C@@](OCc3ccc(C#N)cc3)(C(=O)NCC3CC3)CC(OCc3c(F)cccc3F)[C@@H]2O1. The number of carbonyl (C=O) groups excluding carboxylic acids is 1. The maximum Gasteiger partial charge on any atom is 0.252 e. The van der Waals surface area contributed by atoms with Crippen molar-refractivity contribution >= 4 is 5.91 Å². The van der Waals surface area contributed by atoms with Gasteiger partial charge >= 0.3 is 0 Å². The Bertz CT molecular complexity index is 1190. The molecule has 5 rings (SSSR count). The van der Waals surface area contributed by atoms with E-state index in [9.17, 15) is 13.6 Å². The molecule has 1 amide bonds. The second-order valence-corrected chi connectivity index (χ2v) is 10.8. The Balaban J connectivity index is 1.41. The lowest BCUT2D eigenvalue weighted by molar-refractivity contribution is -0.183. The zero-order valence-electron chi connectivity index (χ0n) is 21.5. The van der Waals surface area contributed by atoms with Crippen LogP contribution in [-0.2, 0) is 37.0 Å². The van der Waals surface area contributed by atoms with Crippen molar-refractivity contribution in [3.8, 4) is 6.07 Å². The molecule has 1 saturated heterocycles. The van der Waals surface area contributed by atoms with Gasteiger partial charge in [0.25, 0.3) is 5.91 Å². The van der Waals surface area contributed by atoms with Crippen LogP contribution in [0.2, 0.25) is 0 Å². The zero-order chi connectivity index (χ0) is 26.9. The van der Waals surface area contributed by atoms with E-state index >= 15 is 0 Å². The molecule has 0 spiro atoms. The van der Waals surface area contributed by atoms with E-state index in [1.54, 1.807) is 38.1 Å². The molecule has 3 aliphatic rings. The summed E-state index contributed by atoms with van der Waals surface area (Å²) in [5.41, 5.74) is -0.171. The van der Waals surface area contributed by atoms with E-state index in [4.69, 9.17) is 24.2 Å². The van der Waals surface area contributed by atoms with Crippen molar-refractivity contribution in [2.24, 2.45) is 5.92 Å². The number of amides is 1. The first-order chi connectivity index (χ1) is 18.2. The maximum atomic E-state index is 14.3. The molecule has 0 bridgehead atoms. The predicted octanol–water partition coefficient (Wildman–Crippen LogP) is 4.52. The average molecular weight is 527 g/mol. The molecule has 2 aromatic carbocycles. The molecular weight excluding hydrogens is 494 g/mol. The number of nitriles is 1. The van der Waals surface area contributed by atoms with Crippen molar-refractivity contribution in [1.82, 2.24) is 5.32 Å².